The molecule has 2 heterocycles. The highest BCUT2D eigenvalue weighted by atomic mass is 35.5. The summed E-state index contributed by atoms with van der Waals surface area (Å²) in [7, 11) is -1.89. The predicted molar refractivity (Wildman–Crippen MR) is 183 cm³/mol. The van der Waals surface area contributed by atoms with Crippen LogP contribution in [0.1, 0.15) is 0 Å². The minimum atomic E-state index is -1.89. The van der Waals surface area contributed by atoms with Crippen molar-refractivity contribution in [2.75, 3.05) is 4.90 Å². The molecule has 0 unspecified atom stereocenters. The molecular weight excluding hydrogens is 548 g/mol. The summed E-state index contributed by atoms with van der Waals surface area (Å²) in [6, 6.07) is 50.3. The monoisotopic (exact) mass is 576 g/mol. The summed E-state index contributed by atoms with van der Waals surface area (Å²) >= 11 is 6.62. The summed E-state index contributed by atoms with van der Waals surface area (Å²) in [6.07, 6.45) is 0. The highest BCUT2D eigenvalue weighted by Gasteiger charge is 2.39. The van der Waals surface area contributed by atoms with Gasteiger partial charge in [0, 0.05) is 38.4 Å². The Bertz CT molecular complexity index is 2130. The van der Waals surface area contributed by atoms with Crippen LogP contribution in [0.2, 0.25) is 18.1 Å². The number of halogens is 1. The van der Waals surface area contributed by atoms with E-state index < -0.39 is 8.07 Å². The molecule has 0 aliphatic carbocycles. The number of fused-ring (bicyclic) bond motifs is 6. The number of para-hydroxylation sites is 3. The molecule has 8 rings (SSSR count). The van der Waals surface area contributed by atoms with Crippen molar-refractivity contribution in [2.24, 2.45) is 0 Å². The molecule has 0 N–H and O–H groups in total. The van der Waals surface area contributed by atoms with E-state index in [0.29, 0.717) is 0 Å². The van der Waals surface area contributed by atoms with Crippen molar-refractivity contribution in [3.8, 4) is 16.8 Å². The van der Waals surface area contributed by atoms with Gasteiger partial charge in [-0.25, -0.2) is 0 Å². The van der Waals surface area contributed by atoms with Gasteiger partial charge in [-0.3, -0.25) is 0 Å². The third-order valence-corrected chi connectivity index (χ3v) is 12.6. The first-order valence-electron chi connectivity index (χ1n) is 14.4. The van der Waals surface area contributed by atoms with Gasteiger partial charge < -0.3 is 9.47 Å². The number of aromatic nitrogens is 1. The lowest BCUT2D eigenvalue weighted by Crippen LogP contribution is -2.49. The van der Waals surface area contributed by atoms with Gasteiger partial charge in [0.05, 0.1) is 16.7 Å². The molecule has 0 amide bonds. The van der Waals surface area contributed by atoms with Gasteiger partial charge >= 0.3 is 0 Å². The molecule has 2 nitrogen and oxygen atoms in total. The lowest BCUT2D eigenvalue weighted by atomic mass is 10.0. The van der Waals surface area contributed by atoms with Crippen LogP contribution in [0.25, 0.3) is 38.6 Å². The lowest BCUT2D eigenvalue weighted by Gasteiger charge is -2.28. The summed E-state index contributed by atoms with van der Waals surface area (Å²) < 4.78 is 2.37. The number of hydrogen-bond donors (Lipinski definition) is 0. The predicted octanol–water partition coefficient (Wildman–Crippen LogP) is 9.71. The molecule has 0 radical (unpaired) electrons. The highest BCUT2D eigenvalue weighted by molar-refractivity contribution is 7.04. The van der Waals surface area contributed by atoms with Crippen molar-refractivity contribution >= 4 is 68.9 Å². The number of rotatable bonds is 4. The average Bonchev–Trinajstić information content (AvgIpc) is 3.47. The molecule has 1 aliphatic heterocycles. The third kappa shape index (κ3) is 3.71. The lowest BCUT2D eigenvalue weighted by molar-refractivity contribution is 1.18. The van der Waals surface area contributed by atoms with Crippen LogP contribution in [0.15, 0.2) is 140 Å². The van der Waals surface area contributed by atoms with Crippen molar-refractivity contribution in [3.05, 3.63) is 145 Å². The second-order valence-corrected chi connectivity index (χ2v) is 16.3. The molecular formula is C38H29ClN2Si. The van der Waals surface area contributed by atoms with Crippen LogP contribution in [0, 0.1) is 0 Å². The Morgan fingerprint density at radius 2 is 1.29 bits per heavy atom. The van der Waals surface area contributed by atoms with E-state index in [1.807, 2.05) is 6.07 Å². The van der Waals surface area contributed by atoms with Gasteiger partial charge in [-0.05, 0) is 82.7 Å². The maximum absolute atomic E-state index is 6.62. The van der Waals surface area contributed by atoms with Crippen molar-refractivity contribution in [1.82, 2.24) is 4.57 Å². The van der Waals surface area contributed by atoms with Crippen molar-refractivity contribution < 1.29 is 0 Å². The Balaban J connectivity index is 1.42. The quantitative estimate of drug-likeness (QED) is 0.189. The minimum absolute atomic E-state index is 0.780. The van der Waals surface area contributed by atoms with E-state index >= 15 is 0 Å². The summed E-state index contributed by atoms with van der Waals surface area (Å²) in [5.74, 6) is 0. The van der Waals surface area contributed by atoms with Crippen LogP contribution in [0.4, 0.5) is 17.1 Å². The smallest absolute Gasteiger partial charge is 0.113 e. The zero-order valence-electron chi connectivity index (χ0n) is 23.6. The molecule has 0 saturated carbocycles. The molecule has 202 valence electrons. The van der Waals surface area contributed by atoms with Crippen LogP contribution in [0.3, 0.4) is 0 Å². The minimum Gasteiger partial charge on any atom is -0.310 e. The third-order valence-electron chi connectivity index (χ3n) is 8.82. The first-order valence-corrected chi connectivity index (χ1v) is 17.8. The molecule has 0 atom stereocenters. The van der Waals surface area contributed by atoms with Gasteiger partial charge in [0.25, 0.3) is 0 Å². The Hall–Kier alpha value is -4.57. The number of hydrogen-bond acceptors (Lipinski definition) is 1. The van der Waals surface area contributed by atoms with Gasteiger partial charge in [-0.15, -0.1) is 0 Å². The summed E-state index contributed by atoms with van der Waals surface area (Å²) in [5, 5.41) is 6.17. The van der Waals surface area contributed by atoms with Gasteiger partial charge in [-0.2, -0.15) is 0 Å². The first kappa shape index (κ1) is 25.2. The highest BCUT2D eigenvalue weighted by Crippen LogP contribution is 2.44. The summed E-state index contributed by atoms with van der Waals surface area (Å²) in [6.45, 7) is 4.90. The zero-order valence-corrected chi connectivity index (χ0v) is 25.3. The summed E-state index contributed by atoms with van der Waals surface area (Å²) in [5.41, 5.74) is 9.60. The van der Waals surface area contributed by atoms with Gasteiger partial charge in [0.2, 0.25) is 0 Å². The number of nitrogens with zero attached hydrogens (tertiary/aromatic N) is 2. The van der Waals surface area contributed by atoms with E-state index in [1.165, 1.54) is 49.0 Å². The van der Waals surface area contributed by atoms with Crippen LogP contribution < -0.4 is 15.3 Å². The fourth-order valence-corrected chi connectivity index (χ4v) is 10.1. The summed E-state index contributed by atoms with van der Waals surface area (Å²) in [4.78, 5) is 2.42. The SMILES string of the molecule is C[Si]1(C)c2ccc(Cl)cc2-c2c(N(c3ccccc3)c3ccc4c(c3)c3ccccc3n4-c3ccccc3)cccc21. The second-order valence-electron chi connectivity index (χ2n) is 11.6. The first-order chi connectivity index (χ1) is 20.5. The Kier molecular flexibility index (Phi) is 5.68. The normalized spacial score (nSPS) is 13.3. The molecule has 7 aromatic rings. The largest absolute Gasteiger partial charge is 0.310 e. The zero-order chi connectivity index (χ0) is 28.4. The molecule has 6 aromatic carbocycles. The van der Waals surface area contributed by atoms with E-state index in [0.717, 1.165) is 22.1 Å². The number of benzene rings is 6. The van der Waals surface area contributed by atoms with E-state index in [9.17, 15) is 0 Å². The molecule has 4 heteroatoms. The second kappa shape index (κ2) is 9.48. The van der Waals surface area contributed by atoms with Crippen molar-refractivity contribution in [2.45, 2.75) is 13.1 Å². The van der Waals surface area contributed by atoms with Crippen LogP contribution in [-0.4, -0.2) is 12.6 Å². The van der Waals surface area contributed by atoms with Crippen LogP contribution >= 0.6 is 11.6 Å². The van der Waals surface area contributed by atoms with Gasteiger partial charge in [0.1, 0.15) is 8.07 Å². The molecule has 0 saturated heterocycles. The molecule has 1 aliphatic rings. The van der Waals surface area contributed by atoms with Gasteiger partial charge in [0.15, 0.2) is 0 Å². The average molecular weight is 577 g/mol. The standard InChI is InChI=1S/C38H29ClN2Si/c1-42(2)36-23-20-26(39)24-32(36)38-35(18-11-19-37(38)42)40(27-12-5-3-6-13-27)29-21-22-34-31(25-29)30-16-9-10-17-33(30)41(34)28-14-7-4-8-15-28/h3-25H,1-2H3. The molecule has 0 fully saturated rings. The van der Waals surface area contributed by atoms with Gasteiger partial charge in [-0.1, -0.05) is 97.5 Å². The van der Waals surface area contributed by atoms with Crippen LogP contribution in [-0.2, 0) is 0 Å². The number of anilines is 3. The fourth-order valence-electron chi connectivity index (χ4n) is 6.90. The van der Waals surface area contributed by atoms with Crippen molar-refractivity contribution in [1.29, 1.82) is 0 Å². The Morgan fingerprint density at radius 3 is 2.10 bits per heavy atom. The van der Waals surface area contributed by atoms with E-state index in [-0.39, 0.29) is 0 Å². The fraction of sp³-hybridized carbons (Fsp3) is 0.0526. The Labute approximate surface area is 252 Å². The maximum Gasteiger partial charge on any atom is 0.113 e. The van der Waals surface area contributed by atoms with E-state index in [2.05, 4.69) is 156 Å². The van der Waals surface area contributed by atoms with E-state index in [4.69, 9.17) is 11.6 Å². The van der Waals surface area contributed by atoms with E-state index in [1.54, 1.807) is 0 Å². The van der Waals surface area contributed by atoms with Crippen molar-refractivity contribution in [3.63, 3.8) is 0 Å². The Morgan fingerprint density at radius 1 is 0.571 bits per heavy atom. The molecule has 0 bridgehead atoms. The molecule has 42 heavy (non-hydrogen) atoms. The maximum atomic E-state index is 6.62. The molecule has 1 aromatic heterocycles. The molecule has 0 spiro atoms. The van der Waals surface area contributed by atoms with Crippen LogP contribution in [0.5, 0.6) is 0 Å². The topological polar surface area (TPSA) is 8.17 Å².